The summed E-state index contributed by atoms with van der Waals surface area (Å²) in [5, 5.41) is 16.5. The molecule has 8 nitrogen and oxygen atoms in total. The number of carbonyl (C=O) groups is 3. The van der Waals surface area contributed by atoms with Crippen LogP contribution in [0.3, 0.4) is 0 Å². The lowest BCUT2D eigenvalue weighted by Gasteiger charge is -2.31. The van der Waals surface area contributed by atoms with Crippen LogP contribution < -0.4 is 15.4 Å². The standard InChI is InChI=1S/C31H33N3O5/c35-28(30(37)32-23-16-17-23)27-15-8-18-34(27)31(38)26(19-21-9-3-1-4-10-21)33-29(36)22-11-7-14-25(20-22)39-24-12-5-2-6-13-24/h1-7,9-14,20,23,26-28,35H,8,15-19H2,(H,32,37)(H,33,36)/t26-,27?,28?/m0/s1. The van der Waals surface area contributed by atoms with Gasteiger partial charge in [-0.25, -0.2) is 0 Å². The van der Waals surface area contributed by atoms with Crippen molar-refractivity contribution in [1.29, 1.82) is 0 Å². The first kappa shape index (κ1) is 26.4. The number of ether oxygens (including phenoxy) is 1. The van der Waals surface area contributed by atoms with Crippen LogP contribution in [0.15, 0.2) is 84.9 Å². The Morgan fingerprint density at radius 1 is 0.897 bits per heavy atom. The second-order valence-electron chi connectivity index (χ2n) is 10.1. The average Bonchev–Trinajstić information content (AvgIpc) is 3.64. The van der Waals surface area contributed by atoms with Crippen LogP contribution in [0.25, 0.3) is 0 Å². The highest BCUT2D eigenvalue weighted by Crippen LogP contribution is 2.25. The van der Waals surface area contributed by atoms with E-state index in [1.54, 1.807) is 29.2 Å². The molecule has 3 aromatic carbocycles. The molecule has 3 aromatic rings. The van der Waals surface area contributed by atoms with Gasteiger partial charge in [-0.05, 0) is 61.6 Å². The molecule has 0 aromatic heterocycles. The van der Waals surface area contributed by atoms with Crippen LogP contribution in [0.1, 0.15) is 41.6 Å². The minimum absolute atomic E-state index is 0.115. The van der Waals surface area contributed by atoms with Gasteiger partial charge in [0.05, 0.1) is 6.04 Å². The van der Waals surface area contributed by atoms with Crippen LogP contribution in [0.5, 0.6) is 11.5 Å². The Bertz CT molecular complexity index is 1300. The molecule has 2 aliphatic rings. The molecule has 202 valence electrons. The van der Waals surface area contributed by atoms with Gasteiger partial charge in [-0.1, -0.05) is 54.6 Å². The Morgan fingerprint density at radius 3 is 2.31 bits per heavy atom. The minimum atomic E-state index is -1.31. The van der Waals surface area contributed by atoms with Gasteiger partial charge < -0.3 is 25.4 Å². The summed E-state index contributed by atoms with van der Waals surface area (Å²) >= 11 is 0. The molecular formula is C31H33N3O5. The lowest BCUT2D eigenvalue weighted by Crippen LogP contribution is -2.55. The van der Waals surface area contributed by atoms with Crippen LogP contribution in [0, 0.1) is 0 Å². The first-order chi connectivity index (χ1) is 19.0. The van der Waals surface area contributed by atoms with Crippen molar-refractivity contribution in [2.45, 2.75) is 56.3 Å². The zero-order valence-electron chi connectivity index (χ0n) is 21.7. The Morgan fingerprint density at radius 2 is 1.59 bits per heavy atom. The van der Waals surface area contributed by atoms with E-state index in [4.69, 9.17) is 4.74 Å². The maximum atomic E-state index is 13.8. The third-order valence-electron chi connectivity index (χ3n) is 7.10. The molecule has 1 saturated heterocycles. The second-order valence-corrected chi connectivity index (χ2v) is 10.1. The van der Waals surface area contributed by atoms with Crippen LogP contribution >= 0.6 is 0 Å². The zero-order valence-corrected chi connectivity index (χ0v) is 21.7. The molecule has 3 atom stereocenters. The van der Waals surface area contributed by atoms with Gasteiger partial charge in [0.1, 0.15) is 17.5 Å². The van der Waals surface area contributed by atoms with E-state index in [1.807, 2.05) is 60.7 Å². The Hall–Kier alpha value is -4.17. The maximum Gasteiger partial charge on any atom is 0.252 e. The van der Waals surface area contributed by atoms with E-state index in [0.29, 0.717) is 36.4 Å². The molecule has 8 heteroatoms. The summed E-state index contributed by atoms with van der Waals surface area (Å²) < 4.78 is 5.87. The lowest BCUT2D eigenvalue weighted by atomic mass is 10.0. The molecule has 0 spiro atoms. The van der Waals surface area contributed by atoms with Crippen molar-refractivity contribution in [2.24, 2.45) is 0 Å². The number of nitrogens with zero attached hydrogens (tertiary/aromatic N) is 1. The number of likely N-dealkylation sites (tertiary alicyclic amines) is 1. The third kappa shape index (κ3) is 6.83. The summed E-state index contributed by atoms with van der Waals surface area (Å²) in [6.45, 7) is 0.416. The summed E-state index contributed by atoms with van der Waals surface area (Å²) in [6, 6.07) is 24.1. The minimum Gasteiger partial charge on any atom is -0.457 e. The van der Waals surface area contributed by atoms with Crippen molar-refractivity contribution >= 4 is 17.7 Å². The molecule has 3 amide bonds. The average molecular weight is 528 g/mol. The quantitative estimate of drug-likeness (QED) is 0.374. The van der Waals surface area contributed by atoms with E-state index in [1.165, 1.54) is 0 Å². The Balaban J connectivity index is 1.33. The molecule has 5 rings (SSSR count). The van der Waals surface area contributed by atoms with Crippen molar-refractivity contribution in [3.05, 3.63) is 96.1 Å². The van der Waals surface area contributed by atoms with Gasteiger partial charge in [-0.2, -0.15) is 0 Å². The summed E-state index contributed by atoms with van der Waals surface area (Å²) in [4.78, 5) is 41.3. The highest BCUT2D eigenvalue weighted by atomic mass is 16.5. The largest absolute Gasteiger partial charge is 0.457 e. The summed E-state index contributed by atoms with van der Waals surface area (Å²) in [6.07, 6.45) is 1.99. The summed E-state index contributed by atoms with van der Waals surface area (Å²) in [5.41, 5.74) is 1.25. The molecule has 0 bridgehead atoms. The van der Waals surface area contributed by atoms with Crippen molar-refractivity contribution < 1.29 is 24.2 Å². The number of amides is 3. The summed E-state index contributed by atoms with van der Waals surface area (Å²) in [7, 11) is 0. The second kappa shape index (κ2) is 12.1. The first-order valence-electron chi connectivity index (χ1n) is 13.4. The number of aliphatic hydroxyl groups is 1. The van der Waals surface area contributed by atoms with E-state index in [-0.39, 0.29) is 18.4 Å². The van der Waals surface area contributed by atoms with Crippen LogP contribution in [0.4, 0.5) is 0 Å². The molecule has 0 radical (unpaired) electrons. The van der Waals surface area contributed by atoms with Gasteiger partial charge in [-0.15, -0.1) is 0 Å². The zero-order chi connectivity index (χ0) is 27.2. The number of aliphatic hydroxyl groups excluding tert-OH is 1. The summed E-state index contributed by atoms with van der Waals surface area (Å²) in [5.74, 6) is -0.0166. The molecule has 1 aliphatic heterocycles. The highest BCUT2D eigenvalue weighted by molar-refractivity contribution is 5.98. The number of benzene rings is 3. The number of hydrogen-bond acceptors (Lipinski definition) is 5. The van der Waals surface area contributed by atoms with Gasteiger partial charge in [0, 0.05) is 24.6 Å². The molecule has 2 fully saturated rings. The first-order valence-corrected chi connectivity index (χ1v) is 13.4. The number of para-hydroxylation sites is 1. The van der Waals surface area contributed by atoms with E-state index in [9.17, 15) is 19.5 Å². The van der Waals surface area contributed by atoms with Crippen molar-refractivity contribution in [1.82, 2.24) is 15.5 Å². The normalized spacial score (nSPS) is 18.2. The Kier molecular flexibility index (Phi) is 8.22. The van der Waals surface area contributed by atoms with Crippen LogP contribution in [-0.4, -0.2) is 58.5 Å². The van der Waals surface area contributed by atoms with E-state index in [0.717, 1.165) is 18.4 Å². The molecule has 1 aliphatic carbocycles. The number of rotatable bonds is 10. The van der Waals surface area contributed by atoms with Crippen molar-refractivity contribution in [3.63, 3.8) is 0 Å². The molecule has 39 heavy (non-hydrogen) atoms. The fraction of sp³-hybridized carbons (Fsp3) is 0.323. The number of hydrogen-bond donors (Lipinski definition) is 3. The topological polar surface area (TPSA) is 108 Å². The van der Waals surface area contributed by atoms with Crippen molar-refractivity contribution in [3.8, 4) is 11.5 Å². The third-order valence-corrected chi connectivity index (χ3v) is 7.10. The smallest absolute Gasteiger partial charge is 0.252 e. The van der Waals surface area contributed by atoms with Gasteiger partial charge in [0.2, 0.25) is 5.91 Å². The van der Waals surface area contributed by atoms with Gasteiger partial charge >= 0.3 is 0 Å². The SMILES string of the molecule is O=C(N[C@@H](Cc1ccccc1)C(=O)N1CCCC1C(O)C(=O)NC1CC1)c1cccc(Oc2ccccc2)c1. The monoisotopic (exact) mass is 527 g/mol. The molecule has 1 heterocycles. The van der Waals surface area contributed by atoms with E-state index >= 15 is 0 Å². The molecule has 3 N–H and O–H groups in total. The number of nitrogens with one attached hydrogen (secondary N) is 2. The van der Waals surface area contributed by atoms with E-state index in [2.05, 4.69) is 10.6 Å². The molecule has 1 saturated carbocycles. The van der Waals surface area contributed by atoms with Gasteiger partial charge in [-0.3, -0.25) is 14.4 Å². The van der Waals surface area contributed by atoms with Crippen LogP contribution in [0.2, 0.25) is 0 Å². The fourth-order valence-electron chi connectivity index (χ4n) is 4.90. The molecule has 2 unspecified atom stereocenters. The molecular weight excluding hydrogens is 494 g/mol. The van der Waals surface area contributed by atoms with Gasteiger partial charge in [0.25, 0.3) is 11.8 Å². The highest BCUT2D eigenvalue weighted by Gasteiger charge is 2.41. The van der Waals surface area contributed by atoms with E-state index < -0.39 is 30.0 Å². The van der Waals surface area contributed by atoms with Crippen LogP contribution in [-0.2, 0) is 16.0 Å². The maximum absolute atomic E-state index is 13.8. The van der Waals surface area contributed by atoms with Crippen molar-refractivity contribution in [2.75, 3.05) is 6.54 Å². The Labute approximate surface area is 228 Å². The predicted octanol–water partition coefficient (Wildman–Crippen LogP) is 3.45. The lowest BCUT2D eigenvalue weighted by molar-refractivity contribution is -0.140. The fourth-order valence-corrected chi connectivity index (χ4v) is 4.90. The number of carbonyl (C=O) groups excluding carboxylic acids is 3. The predicted molar refractivity (Wildman–Crippen MR) is 146 cm³/mol. The van der Waals surface area contributed by atoms with Gasteiger partial charge in [0.15, 0.2) is 6.10 Å².